The summed E-state index contributed by atoms with van der Waals surface area (Å²) in [7, 11) is 2.19. The van der Waals surface area contributed by atoms with E-state index < -0.39 is 0 Å². The molecule has 1 aromatic heterocycles. The number of fused-ring (bicyclic) bond motifs is 1. The SMILES string of the molecule is CCc1cccc2cc(CNC3CC3)n(C)c12. The molecule has 2 heteroatoms. The van der Waals surface area contributed by atoms with Crippen LogP contribution in [0.25, 0.3) is 10.9 Å². The van der Waals surface area contributed by atoms with E-state index in [1.54, 1.807) is 0 Å². The van der Waals surface area contributed by atoms with Gasteiger partial charge in [-0.25, -0.2) is 0 Å². The molecule has 1 aliphatic carbocycles. The van der Waals surface area contributed by atoms with E-state index in [0.29, 0.717) is 0 Å². The van der Waals surface area contributed by atoms with E-state index in [1.807, 2.05) is 0 Å². The Bertz CT molecular complexity index is 535. The average molecular weight is 228 g/mol. The lowest BCUT2D eigenvalue weighted by Gasteiger charge is -2.07. The van der Waals surface area contributed by atoms with Crippen molar-refractivity contribution in [1.82, 2.24) is 9.88 Å². The Balaban J connectivity index is 1.98. The summed E-state index contributed by atoms with van der Waals surface area (Å²) in [6, 6.07) is 9.72. The van der Waals surface area contributed by atoms with E-state index in [0.717, 1.165) is 19.0 Å². The zero-order valence-corrected chi connectivity index (χ0v) is 10.7. The molecule has 1 N–H and O–H groups in total. The van der Waals surface area contributed by atoms with E-state index in [-0.39, 0.29) is 0 Å². The third-order valence-electron chi connectivity index (χ3n) is 3.77. The largest absolute Gasteiger partial charge is 0.346 e. The van der Waals surface area contributed by atoms with Crippen molar-refractivity contribution < 1.29 is 0 Å². The number of para-hydroxylation sites is 1. The smallest absolute Gasteiger partial charge is 0.0512 e. The molecule has 1 aromatic carbocycles. The van der Waals surface area contributed by atoms with Gasteiger partial charge in [0.15, 0.2) is 0 Å². The van der Waals surface area contributed by atoms with Gasteiger partial charge in [-0.05, 0) is 30.9 Å². The van der Waals surface area contributed by atoms with Gasteiger partial charge in [0, 0.05) is 30.7 Å². The van der Waals surface area contributed by atoms with E-state index in [2.05, 4.69) is 48.1 Å². The van der Waals surface area contributed by atoms with Crippen molar-refractivity contribution in [3.8, 4) is 0 Å². The van der Waals surface area contributed by atoms with Gasteiger partial charge in [-0.2, -0.15) is 0 Å². The molecule has 1 fully saturated rings. The highest BCUT2D eigenvalue weighted by atomic mass is 15.0. The van der Waals surface area contributed by atoms with Crippen LogP contribution in [0.1, 0.15) is 31.0 Å². The second-order valence-electron chi connectivity index (χ2n) is 5.06. The Morgan fingerprint density at radius 3 is 2.88 bits per heavy atom. The van der Waals surface area contributed by atoms with Gasteiger partial charge in [0.05, 0.1) is 5.52 Å². The number of aromatic nitrogens is 1. The fraction of sp³-hybridized carbons (Fsp3) is 0.467. The predicted octanol–water partition coefficient (Wildman–Crippen LogP) is 2.99. The van der Waals surface area contributed by atoms with Crippen LogP contribution in [0.5, 0.6) is 0 Å². The van der Waals surface area contributed by atoms with Crippen molar-refractivity contribution in [3.63, 3.8) is 0 Å². The number of hydrogen-bond donors (Lipinski definition) is 1. The molecule has 0 radical (unpaired) electrons. The molecule has 1 aliphatic rings. The lowest BCUT2D eigenvalue weighted by atomic mass is 10.1. The van der Waals surface area contributed by atoms with Crippen LogP contribution in [0.4, 0.5) is 0 Å². The molecular weight excluding hydrogens is 208 g/mol. The number of nitrogens with zero attached hydrogens (tertiary/aromatic N) is 1. The second kappa shape index (κ2) is 4.19. The summed E-state index contributed by atoms with van der Waals surface area (Å²) in [5, 5.41) is 4.97. The number of rotatable bonds is 4. The van der Waals surface area contributed by atoms with Crippen molar-refractivity contribution in [3.05, 3.63) is 35.5 Å². The van der Waals surface area contributed by atoms with Crippen LogP contribution in [0.2, 0.25) is 0 Å². The summed E-state index contributed by atoms with van der Waals surface area (Å²) in [6.45, 7) is 3.23. The maximum absolute atomic E-state index is 3.59. The van der Waals surface area contributed by atoms with Crippen LogP contribution in [0.15, 0.2) is 24.3 Å². The van der Waals surface area contributed by atoms with Gasteiger partial charge >= 0.3 is 0 Å². The molecule has 90 valence electrons. The maximum atomic E-state index is 3.59. The molecule has 2 nitrogen and oxygen atoms in total. The predicted molar refractivity (Wildman–Crippen MR) is 72.2 cm³/mol. The van der Waals surface area contributed by atoms with Crippen molar-refractivity contribution >= 4 is 10.9 Å². The normalized spacial score (nSPS) is 15.6. The van der Waals surface area contributed by atoms with Crippen LogP contribution in [-0.2, 0) is 20.0 Å². The Kier molecular flexibility index (Phi) is 2.67. The van der Waals surface area contributed by atoms with Crippen molar-refractivity contribution in [2.24, 2.45) is 7.05 Å². The van der Waals surface area contributed by atoms with Crippen molar-refractivity contribution in [2.45, 2.75) is 38.8 Å². The minimum Gasteiger partial charge on any atom is -0.346 e. The lowest BCUT2D eigenvalue weighted by molar-refractivity contribution is 0.655. The van der Waals surface area contributed by atoms with Crippen molar-refractivity contribution in [2.75, 3.05) is 0 Å². The highest BCUT2D eigenvalue weighted by Gasteiger charge is 2.20. The zero-order valence-electron chi connectivity index (χ0n) is 10.7. The van der Waals surface area contributed by atoms with Gasteiger partial charge in [0.2, 0.25) is 0 Å². The van der Waals surface area contributed by atoms with Gasteiger partial charge < -0.3 is 9.88 Å². The Labute approximate surface area is 103 Å². The first-order chi connectivity index (χ1) is 8.29. The highest BCUT2D eigenvalue weighted by molar-refractivity contribution is 5.84. The molecule has 1 heterocycles. The summed E-state index contributed by atoms with van der Waals surface area (Å²) in [5.41, 5.74) is 4.25. The minimum atomic E-state index is 0.777. The van der Waals surface area contributed by atoms with Gasteiger partial charge in [0.1, 0.15) is 0 Å². The van der Waals surface area contributed by atoms with Gasteiger partial charge in [-0.1, -0.05) is 25.1 Å². The van der Waals surface area contributed by atoms with Crippen LogP contribution in [-0.4, -0.2) is 10.6 Å². The first-order valence-corrected chi connectivity index (χ1v) is 6.59. The standard InChI is InChI=1S/C15H20N2/c1-3-11-5-4-6-12-9-14(17(2)15(11)12)10-16-13-7-8-13/h4-6,9,13,16H,3,7-8,10H2,1-2H3. The van der Waals surface area contributed by atoms with E-state index in [4.69, 9.17) is 0 Å². The lowest BCUT2D eigenvalue weighted by Crippen LogP contribution is -2.17. The first-order valence-electron chi connectivity index (χ1n) is 6.59. The number of benzene rings is 1. The van der Waals surface area contributed by atoms with Crippen LogP contribution < -0.4 is 5.32 Å². The maximum Gasteiger partial charge on any atom is 0.0512 e. The van der Waals surface area contributed by atoms with Crippen LogP contribution in [0.3, 0.4) is 0 Å². The van der Waals surface area contributed by atoms with Crippen LogP contribution in [0, 0.1) is 0 Å². The summed E-state index contributed by atoms with van der Waals surface area (Å²) in [5.74, 6) is 0. The third-order valence-corrected chi connectivity index (χ3v) is 3.77. The molecule has 0 unspecified atom stereocenters. The molecule has 1 saturated carbocycles. The summed E-state index contributed by atoms with van der Waals surface area (Å²) in [6.07, 6.45) is 3.80. The van der Waals surface area contributed by atoms with Gasteiger partial charge in [0.25, 0.3) is 0 Å². The Hall–Kier alpha value is -1.28. The summed E-state index contributed by atoms with van der Waals surface area (Å²) >= 11 is 0. The molecule has 0 atom stereocenters. The Morgan fingerprint density at radius 2 is 2.18 bits per heavy atom. The number of nitrogens with one attached hydrogen (secondary N) is 1. The number of hydrogen-bond acceptors (Lipinski definition) is 1. The fourth-order valence-corrected chi connectivity index (χ4v) is 2.55. The molecule has 0 amide bonds. The third kappa shape index (κ3) is 1.98. The molecule has 0 aliphatic heterocycles. The van der Waals surface area contributed by atoms with Crippen molar-refractivity contribution in [1.29, 1.82) is 0 Å². The molecule has 2 aromatic rings. The van der Waals surface area contributed by atoms with E-state index in [1.165, 1.54) is 35.0 Å². The van der Waals surface area contributed by atoms with Crippen LogP contribution >= 0.6 is 0 Å². The molecule has 17 heavy (non-hydrogen) atoms. The molecule has 0 bridgehead atoms. The number of aryl methyl sites for hydroxylation is 2. The minimum absolute atomic E-state index is 0.777. The molecular formula is C15H20N2. The summed E-state index contributed by atoms with van der Waals surface area (Å²) in [4.78, 5) is 0. The zero-order chi connectivity index (χ0) is 11.8. The topological polar surface area (TPSA) is 17.0 Å². The fourth-order valence-electron chi connectivity index (χ4n) is 2.55. The second-order valence-corrected chi connectivity index (χ2v) is 5.06. The molecule has 0 saturated heterocycles. The average Bonchev–Trinajstić information content (AvgIpc) is 3.12. The summed E-state index contributed by atoms with van der Waals surface area (Å²) < 4.78 is 2.35. The van der Waals surface area contributed by atoms with E-state index in [9.17, 15) is 0 Å². The Morgan fingerprint density at radius 1 is 1.35 bits per heavy atom. The molecule has 0 spiro atoms. The van der Waals surface area contributed by atoms with Gasteiger partial charge in [-0.3, -0.25) is 0 Å². The monoisotopic (exact) mass is 228 g/mol. The van der Waals surface area contributed by atoms with Gasteiger partial charge in [-0.15, -0.1) is 0 Å². The quantitative estimate of drug-likeness (QED) is 0.851. The first kappa shape index (κ1) is 10.8. The highest BCUT2D eigenvalue weighted by Crippen LogP contribution is 2.24. The van der Waals surface area contributed by atoms with E-state index >= 15 is 0 Å². The molecule has 3 rings (SSSR count).